The van der Waals surface area contributed by atoms with Crippen molar-refractivity contribution >= 4 is 11.9 Å². The molecule has 0 aromatic heterocycles. The molecule has 278 valence electrons. The van der Waals surface area contributed by atoms with Crippen molar-refractivity contribution in [3.8, 4) is 0 Å². The van der Waals surface area contributed by atoms with Gasteiger partial charge in [0.05, 0.1) is 12.2 Å². The van der Waals surface area contributed by atoms with E-state index in [4.69, 9.17) is 10.2 Å². The van der Waals surface area contributed by atoms with Crippen molar-refractivity contribution in [3.05, 3.63) is 11.6 Å². The molecular formula is C41H78O6. The summed E-state index contributed by atoms with van der Waals surface area (Å²) < 4.78 is 0. The minimum atomic E-state index is -0.687. The van der Waals surface area contributed by atoms with Gasteiger partial charge in [-0.2, -0.15) is 0 Å². The summed E-state index contributed by atoms with van der Waals surface area (Å²) in [4.78, 5) is 21.2. The number of rotatable bonds is 38. The number of hydrogen-bond acceptors (Lipinski definition) is 4. The second-order valence-corrected chi connectivity index (χ2v) is 14.4. The van der Waals surface area contributed by atoms with Crippen molar-refractivity contribution in [1.82, 2.24) is 0 Å². The van der Waals surface area contributed by atoms with E-state index in [1.54, 1.807) is 0 Å². The Morgan fingerprint density at radius 2 is 0.723 bits per heavy atom. The van der Waals surface area contributed by atoms with E-state index < -0.39 is 11.9 Å². The molecule has 0 aliphatic rings. The number of carboxylic acid groups (broad SMARTS) is 2. The number of allylic oxidation sites excluding steroid dienone is 1. The first-order chi connectivity index (χ1) is 22.8. The Morgan fingerprint density at radius 1 is 0.426 bits per heavy atom. The van der Waals surface area contributed by atoms with Gasteiger partial charge in [0.2, 0.25) is 0 Å². The zero-order valence-electron chi connectivity index (χ0n) is 30.9. The third-order valence-corrected chi connectivity index (χ3v) is 9.67. The first-order valence-corrected chi connectivity index (χ1v) is 20.3. The molecule has 0 amide bonds. The Kier molecular flexibility index (Phi) is 34.8. The molecule has 0 spiro atoms. The normalized spacial score (nSPS) is 13.2. The first kappa shape index (κ1) is 45.6. The van der Waals surface area contributed by atoms with Crippen LogP contribution in [0.15, 0.2) is 11.6 Å². The average Bonchev–Trinajstić information content (AvgIpc) is 3.04. The third kappa shape index (κ3) is 37.3. The minimum absolute atomic E-state index is 0.156. The Bertz CT molecular complexity index is 721. The van der Waals surface area contributed by atoms with Crippen LogP contribution in [0.25, 0.3) is 0 Å². The van der Waals surface area contributed by atoms with Crippen LogP contribution >= 0.6 is 0 Å². The molecule has 4 N–H and O–H groups in total. The summed E-state index contributed by atoms with van der Waals surface area (Å²) in [6.07, 6.45) is 38.7. The van der Waals surface area contributed by atoms with Crippen LogP contribution in [0.5, 0.6) is 0 Å². The van der Waals surface area contributed by atoms with E-state index in [1.807, 2.05) is 0 Å². The molecule has 0 rings (SSSR count). The molecular weight excluding hydrogens is 588 g/mol. The number of hydrogen-bond donors (Lipinski definition) is 4. The average molecular weight is 667 g/mol. The lowest BCUT2D eigenvalue weighted by molar-refractivity contribution is -0.138. The summed E-state index contributed by atoms with van der Waals surface area (Å²) in [5.74, 6) is -1.37. The van der Waals surface area contributed by atoms with E-state index in [0.717, 1.165) is 96.3 Å². The van der Waals surface area contributed by atoms with E-state index in [1.165, 1.54) is 115 Å². The van der Waals surface area contributed by atoms with Crippen LogP contribution in [-0.2, 0) is 9.59 Å². The molecule has 2 atom stereocenters. The molecule has 6 heteroatoms. The van der Waals surface area contributed by atoms with Gasteiger partial charge in [0, 0.05) is 12.8 Å². The summed E-state index contributed by atoms with van der Waals surface area (Å²) in [6, 6.07) is 0. The van der Waals surface area contributed by atoms with Crippen molar-refractivity contribution in [3.63, 3.8) is 0 Å². The van der Waals surface area contributed by atoms with Gasteiger partial charge in [0.1, 0.15) is 0 Å². The van der Waals surface area contributed by atoms with Crippen molar-refractivity contribution in [2.45, 2.75) is 237 Å². The maximum Gasteiger partial charge on any atom is 0.303 e. The lowest BCUT2D eigenvalue weighted by Crippen LogP contribution is -2.06. The second kappa shape index (κ2) is 35.9. The molecule has 0 radical (unpaired) electrons. The van der Waals surface area contributed by atoms with E-state index in [2.05, 4.69) is 13.0 Å². The van der Waals surface area contributed by atoms with Crippen LogP contribution in [0.1, 0.15) is 225 Å². The molecule has 0 aromatic rings. The number of unbranched alkanes of at least 4 members (excludes halogenated alkanes) is 22. The van der Waals surface area contributed by atoms with Crippen LogP contribution < -0.4 is 0 Å². The number of carbonyl (C=O) groups is 2. The zero-order chi connectivity index (χ0) is 34.6. The van der Waals surface area contributed by atoms with Gasteiger partial charge in [-0.25, -0.2) is 0 Å². The molecule has 0 saturated heterocycles. The zero-order valence-corrected chi connectivity index (χ0v) is 30.9. The van der Waals surface area contributed by atoms with Crippen molar-refractivity contribution < 1.29 is 30.0 Å². The Morgan fingerprint density at radius 3 is 1.09 bits per heavy atom. The fourth-order valence-corrected chi connectivity index (χ4v) is 6.55. The van der Waals surface area contributed by atoms with E-state index in [9.17, 15) is 19.8 Å². The fraction of sp³-hybridized carbons (Fsp3) is 0.902. The Labute approximate surface area is 290 Å². The Balaban J connectivity index is 4.04. The molecule has 0 aliphatic carbocycles. The highest BCUT2D eigenvalue weighted by molar-refractivity contribution is 5.66. The maximum absolute atomic E-state index is 10.6. The van der Waals surface area contributed by atoms with Gasteiger partial charge in [-0.3, -0.25) is 9.59 Å². The molecule has 47 heavy (non-hydrogen) atoms. The number of aliphatic hydroxyl groups excluding tert-OH is 2. The first-order valence-electron chi connectivity index (χ1n) is 20.3. The fourth-order valence-electron chi connectivity index (χ4n) is 6.55. The van der Waals surface area contributed by atoms with Crippen LogP contribution in [0.4, 0.5) is 0 Å². The molecule has 0 heterocycles. The van der Waals surface area contributed by atoms with E-state index >= 15 is 0 Å². The topological polar surface area (TPSA) is 115 Å². The van der Waals surface area contributed by atoms with Crippen LogP contribution in [0.3, 0.4) is 0 Å². The van der Waals surface area contributed by atoms with Crippen molar-refractivity contribution in [1.29, 1.82) is 0 Å². The van der Waals surface area contributed by atoms with Gasteiger partial charge in [0.15, 0.2) is 0 Å². The molecule has 0 aromatic carbocycles. The summed E-state index contributed by atoms with van der Waals surface area (Å²) >= 11 is 0. The lowest BCUT2D eigenvalue weighted by Gasteiger charge is -2.12. The molecule has 0 fully saturated rings. The quantitative estimate of drug-likeness (QED) is 0.0385. The summed E-state index contributed by atoms with van der Waals surface area (Å²) in [7, 11) is 0. The van der Waals surface area contributed by atoms with Gasteiger partial charge in [-0.1, -0.05) is 160 Å². The van der Waals surface area contributed by atoms with Crippen molar-refractivity contribution in [2.75, 3.05) is 0 Å². The van der Waals surface area contributed by atoms with Gasteiger partial charge in [0.25, 0.3) is 0 Å². The van der Waals surface area contributed by atoms with E-state index in [-0.39, 0.29) is 12.2 Å². The predicted molar refractivity (Wildman–Crippen MR) is 198 cm³/mol. The molecule has 6 nitrogen and oxygen atoms in total. The van der Waals surface area contributed by atoms with E-state index in [0.29, 0.717) is 12.8 Å². The van der Waals surface area contributed by atoms with Crippen LogP contribution in [-0.4, -0.2) is 44.6 Å². The third-order valence-electron chi connectivity index (χ3n) is 9.67. The SMILES string of the molecule is CCCCCCC[C@@H](O)C/C=C(\CCCCCCCCCC(=O)O)CCCCCCC(O)CCCCCCCCCCCCC(=O)O. The van der Waals surface area contributed by atoms with Crippen LogP contribution in [0.2, 0.25) is 0 Å². The van der Waals surface area contributed by atoms with Crippen LogP contribution in [0, 0.1) is 0 Å². The van der Waals surface area contributed by atoms with Gasteiger partial charge >= 0.3 is 11.9 Å². The monoisotopic (exact) mass is 667 g/mol. The number of aliphatic hydroxyl groups is 2. The lowest BCUT2D eigenvalue weighted by atomic mass is 9.96. The minimum Gasteiger partial charge on any atom is -0.481 e. The van der Waals surface area contributed by atoms with Crippen molar-refractivity contribution in [2.24, 2.45) is 0 Å². The highest BCUT2D eigenvalue weighted by Gasteiger charge is 2.07. The molecule has 1 unspecified atom stereocenters. The van der Waals surface area contributed by atoms with Gasteiger partial charge in [-0.05, 0) is 64.2 Å². The van der Waals surface area contributed by atoms with Gasteiger partial charge in [-0.15, -0.1) is 0 Å². The summed E-state index contributed by atoms with van der Waals surface area (Å²) in [5.41, 5.74) is 1.52. The number of aliphatic carboxylic acids is 2. The molecule has 0 aliphatic heterocycles. The highest BCUT2D eigenvalue weighted by atomic mass is 16.4. The standard InChI is InChI=1S/C41H78O6/c1-2-3-4-14-23-32-39(43)36-35-37(28-21-15-10-9-13-18-27-34-41(46)47)29-22-19-20-25-31-38(42)30-24-16-11-7-5-6-8-12-17-26-33-40(44)45/h35,38-39,42-43H,2-34,36H2,1H3,(H,44,45)(H,46,47)/b37-35+/t38?,39-/m1/s1. The molecule has 0 saturated carbocycles. The summed E-state index contributed by atoms with van der Waals surface area (Å²) in [5, 5.41) is 38.4. The van der Waals surface area contributed by atoms with Gasteiger partial charge < -0.3 is 20.4 Å². The second-order valence-electron chi connectivity index (χ2n) is 14.4. The summed E-state index contributed by atoms with van der Waals surface area (Å²) in [6.45, 7) is 2.24. The predicted octanol–water partition coefficient (Wildman–Crippen LogP) is 12.1. The highest BCUT2D eigenvalue weighted by Crippen LogP contribution is 2.21. The smallest absolute Gasteiger partial charge is 0.303 e. The Hall–Kier alpha value is -1.40. The molecule has 0 bridgehead atoms. The maximum atomic E-state index is 10.6. The largest absolute Gasteiger partial charge is 0.481 e. The number of carboxylic acids is 2.